The number of carboxylic acids is 1. The van der Waals surface area contributed by atoms with Gasteiger partial charge in [0.15, 0.2) is 0 Å². The molecule has 10 heteroatoms. The molecule has 0 spiro atoms. The predicted molar refractivity (Wildman–Crippen MR) is 166 cm³/mol. The molecule has 1 amide bonds. The number of carbonyl (C=O) groups excluding carboxylic acids is 1. The number of carbonyl (C=O) groups is 2. The van der Waals surface area contributed by atoms with Crippen LogP contribution >= 0.6 is 11.3 Å². The van der Waals surface area contributed by atoms with Crippen molar-refractivity contribution in [3.63, 3.8) is 0 Å². The first-order chi connectivity index (χ1) is 20.2. The van der Waals surface area contributed by atoms with Crippen LogP contribution in [-0.4, -0.2) is 61.4 Å². The number of aromatic carboxylic acids is 1. The van der Waals surface area contributed by atoms with Gasteiger partial charge in [-0.2, -0.15) is 4.31 Å². The van der Waals surface area contributed by atoms with Crippen LogP contribution in [0.1, 0.15) is 61.5 Å². The summed E-state index contributed by atoms with van der Waals surface area (Å²) >= 11 is 1.15. The average Bonchev–Trinajstić information content (AvgIpc) is 3.64. The van der Waals surface area contributed by atoms with Crippen molar-refractivity contribution in [3.05, 3.63) is 65.5 Å². The number of rotatable bonds is 7. The Hall–Kier alpha value is -3.21. The number of piperazine rings is 1. The van der Waals surface area contributed by atoms with Crippen LogP contribution < -0.4 is 9.80 Å². The second-order valence-electron chi connectivity index (χ2n) is 11.7. The van der Waals surface area contributed by atoms with Crippen LogP contribution in [0, 0.1) is 5.92 Å². The highest BCUT2D eigenvalue weighted by Gasteiger charge is 2.44. The molecule has 2 aliphatic heterocycles. The Morgan fingerprint density at radius 3 is 2.31 bits per heavy atom. The molecule has 1 aromatic heterocycles. The van der Waals surface area contributed by atoms with Crippen LogP contribution in [0.2, 0.25) is 0 Å². The Bertz CT molecular complexity index is 1550. The highest BCUT2D eigenvalue weighted by molar-refractivity contribution is 7.89. The van der Waals surface area contributed by atoms with Crippen molar-refractivity contribution in [1.29, 1.82) is 0 Å². The van der Waals surface area contributed by atoms with Gasteiger partial charge in [0.2, 0.25) is 15.9 Å². The van der Waals surface area contributed by atoms with Crippen molar-refractivity contribution < 1.29 is 23.1 Å². The third-order valence-corrected chi connectivity index (χ3v) is 12.1. The maximum absolute atomic E-state index is 13.9. The number of benzene rings is 2. The molecule has 3 aromatic rings. The Morgan fingerprint density at radius 2 is 1.67 bits per heavy atom. The Morgan fingerprint density at radius 1 is 0.952 bits per heavy atom. The minimum Gasteiger partial charge on any atom is -0.477 e. The van der Waals surface area contributed by atoms with Crippen LogP contribution in [0.4, 0.5) is 11.4 Å². The summed E-state index contributed by atoms with van der Waals surface area (Å²) in [5.74, 6) is -1.39. The zero-order valence-corrected chi connectivity index (χ0v) is 25.4. The number of thiophene rings is 1. The summed E-state index contributed by atoms with van der Waals surface area (Å²) in [4.78, 5) is 31.3. The molecule has 2 atom stereocenters. The summed E-state index contributed by atoms with van der Waals surface area (Å²) in [5.41, 5.74) is 2.26. The van der Waals surface area contributed by atoms with Gasteiger partial charge in [0.1, 0.15) is 4.88 Å². The summed E-state index contributed by atoms with van der Waals surface area (Å²) in [5, 5.41) is 10.1. The normalized spacial score (nSPS) is 22.5. The highest BCUT2D eigenvalue weighted by atomic mass is 32.2. The zero-order chi connectivity index (χ0) is 29.4. The van der Waals surface area contributed by atoms with Crippen molar-refractivity contribution in [2.45, 2.75) is 68.8 Å². The van der Waals surface area contributed by atoms with Crippen LogP contribution in [0.15, 0.2) is 65.6 Å². The molecule has 42 heavy (non-hydrogen) atoms. The van der Waals surface area contributed by atoms with E-state index in [-0.39, 0.29) is 34.7 Å². The molecule has 0 radical (unpaired) electrons. The molecule has 2 unspecified atom stereocenters. The zero-order valence-electron chi connectivity index (χ0n) is 23.8. The number of amides is 1. The van der Waals surface area contributed by atoms with Gasteiger partial charge in [0.05, 0.1) is 23.2 Å². The van der Waals surface area contributed by atoms with Crippen molar-refractivity contribution in [1.82, 2.24) is 4.31 Å². The van der Waals surface area contributed by atoms with Gasteiger partial charge in [-0.15, -0.1) is 11.3 Å². The molecule has 222 valence electrons. The lowest BCUT2D eigenvalue weighted by Gasteiger charge is -2.44. The van der Waals surface area contributed by atoms with E-state index in [9.17, 15) is 23.1 Å². The minimum absolute atomic E-state index is 0.0847. The van der Waals surface area contributed by atoms with Crippen LogP contribution in [0.3, 0.4) is 0 Å². The van der Waals surface area contributed by atoms with Gasteiger partial charge in [-0.05, 0) is 74.4 Å². The van der Waals surface area contributed by atoms with Crippen LogP contribution in [0.5, 0.6) is 0 Å². The number of nitrogens with zero attached hydrogens (tertiary/aromatic N) is 3. The smallest absolute Gasteiger partial charge is 0.348 e. The fourth-order valence-corrected chi connectivity index (χ4v) is 9.28. The van der Waals surface area contributed by atoms with Crippen LogP contribution in [0.25, 0.3) is 10.4 Å². The Labute approximate surface area is 251 Å². The molecule has 1 aliphatic carbocycles. The fraction of sp³-hybridized carbons (Fsp3) is 0.438. The monoisotopic (exact) mass is 607 g/mol. The lowest BCUT2D eigenvalue weighted by molar-refractivity contribution is -0.121. The SMILES string of the molecule is CC1CCCN1c1ccc(S(=O)(=O)N2CC(=O)N(c3cc(-c4ccccc4)sc3C(=O)O)C(C3CCCCC3)C2)cc1. The summed E-state index contributed by atoms with van der Waals surface area (Å²) in [6.45, 7) is 2.95. The number of hydrogen-bond acceptors (Lipinski definition) is 6. The molecule has 1 saturated carbocycles. The molecule has 2 aromatic carbocycles. The number of sulfonamides is 1. The lowest BCUT2D eigenvalue weighted by atomic mass is 9.82. The Kier molecular flexibility index (Phi) is 8.13. The number of anilines is 2. The summed E-state index contributed by atoms with van der Waals surface area (Å²) in [6, 6.07) is 18.3. The van der Waals surface area contributed by atoms with E-state index in [1.54, 1.807) is 23.1 Å². The molecule has 6 rings (SSSR count). The quantitative estimate of drug-likeness (QED) is 0.349. The van der Waals surface area contributed by atoms with Gasteiger partial charge in [0.25, 0.3) is 0 Å². The van der Waals surface area contributed by atoms with Gasteiger partial charge in [-0.25, -0.2) is 13.2 Å². The first-order valence-electron chi connectivity index (χ1n) is 14.9. The third kappa shape index (κ3) is 5.47. The van der Waals surface area contributed by atoms with E-state index >= 15 is 0 Å². The largest absolute Gasteiger partial charge is 0.477 e. The summed E-state index contributed by atoms with van der Waals surface area (Å²) in [7, 11) is -3.94. The Balaban J connectivity index is 1.33. The standard InChI is InChI=1S/C32H37N3O5S2/c1-22-9-8-18-34(22)25-14-16-26(17-15-25)42(39,40)33-20-28(23-10-4-2-5-11-23)35(30(36)21-33)27-19-29(41-31(27)32(37)38)24-12-6-3-7-13-24/h3,6-7,12-17,19,22-23,28H,2,4-5,8-11,18,20-21H2,1H3,(H,37,38). The summed E-state index contributed by atoms with van der Waals surface area (Å²) in [6.07, 6.45) is 7.13. The summed E-state index contributed by atoms with van der Waals surface area (Å²) < 4.78 is 29.1. The highest BCUT2D eigenvalue weighted by Crippen LogP contribution is 2.42. The lowest BCUT2D eigenvalue weighted by Crippen LogP contribution is -2.60. The number of carboxylic acid groups (broad SMARTS) is 1. The van der Waals surface area contributed by atoms with Crippen LogP contribution in [-0.2, 0) is 14.8 Å². The van der Waals surface area contributed by atoms with Gasteiger partial charge >= 0.3 is 5.97 Å². The molecule has 3 fully saturated rings. The van der Waals surface area contributed by atoms with E-state index in [1.807, 2.05) is 42.5 Å². The van der Waals surface area contributed by atoms with Crippen molar-refractivity contribution in [2.24, 2.45) is 5.92 Å². The average molecular weight is 608 g/mol. The third-order valence-electron chi connectivity index (χ3n) is 9.08. The molecule has 3 heterocycles. The van der Waals surface area contributed by atoms with E-state index in [0.29, 0.717) is 11.7 Å². The molecule has 0 bridgehead atoms. The molecular formula is C32H37N3O5S2. The minimum atomic E-state index is -3.94. The van der Waals surface area contributed by atoms with E-state index in [1.165, 1.54) is 4.31 Å². The molecule has 8 nitrogen and oxygen atoms in total. The van der Waals surface area contributed by atoms with E-state index < -0.39 is 22.0 Å². The topological polar surface area (TPSA) is 98.2 Å². The van der Waals surface area contributed by atoms with Gasteiger partial charge in [-0.3, -0.25) is 4.79 Å². The molecule has 2 saturated heterocycles. The van der Waals surface area contributed by atoms with Gasteiger partial charge < -0.3 is 14.9 Å². The van der Waals surface area contributed by atoms with Crippen molar-refractivity contribution in [3.8, 4) is 10.4 Å². The van der Waals surface area contributed by atoms with E-state index in [0.717, 1.165) is 79.0 Å². The predicted octanol–water partition coefficient (Wildman–Crippen LogP) is 6.09. The maximum atomic E-state index is 13.9. The molecule has 3 aliphatic rings. The maximum Gasteiger partial charge on any atom is 0.348 e. The van der Waals surface area contributed by atoms with Gasteiger partial charge in [0, 0.05) is 29.7 Å². The first kappa shape index (κ1) is 28.9. The first-order valence-corrected chi connectivity index (χ1v) is 17.1. The molecular weight excluding hydrogens is 571 g/mol. The van der Waals surface area contributed by atoms with Gasteiger partial charge in [-0.1, -0.05) is 49.6 Å². The van der Waals surface area contributed by atoms with E-state index in [4.69, 9.17) is 0 Å². The van der Waals surface area contributed by atoms with Crippen molar-refractivity contribution >= 4 is 44.6 Å². The van der Waals surface area contributed by atoms with Crippen molar-refractivity contribution in [2.75, 3.05) is 29.4 Å². The second kappa shape index (κ2) is 11.8. The number of hydrogen-bond donors (Lipinski definition) is 1. The van der Waals surface area contributed by atoms with E-state index in [2.05, 4.69) is 11.8 Å². The molecule has 1 N–H and O–H groups in total. The fourth-order valence-electron chi connectivity index (χ4n) is 6.88. The second-order valence-corrected chi connectivity index (χ2v) is 14.7.